The molecule has 102 valence electrons. The highest BCUT2D eigenvalue weighted by Crippen LogP contribution is 2.12. The number of amides is 1. The molecule has 1 amide bonds. The van der Waals surface area contributed by atoms with E-state index in [9.17, 15) is 9.59 Å². The molecule has 10 heteroatoms. The number of nitrogens with one attached hydrogen (secondary N) is 2. The number of hydrogen-bond acceptors (Lipinski definition) is 6. The molecule has 8 nitrogen and oxygen atoms in total. The molecule has 1 unspecified atom stereocenters. The van der Waals surface area contributed by atoms with Crippen LogP contribution in [0.1, 0.15) is 21.6 Å². The Morgan fingerprint density at radius 1 is 1.53 bits per heavy atom. The molecule has 0 saturated carbocycles. The highest BCUT2D eigenvalue weighted by molar-refractivity contribution is 7.13. The molecule has 1 atom stereocenters. The quantitative estimate of drug-likeness (QED) is 0.500. The zero-order chi connectivity index (χ0) is 13.1. The average Bonchev–Trinajstić information content (AvgIpc) is 2.88. The number of aromatic nitrogens is 1. The van der Waals surface area contributed by atoms with Crippen molar-refractivity contribution in [3.63, 3.8) is 0 Å². The molecule has 3 N–H and O–H groups in total. The molecule has 0 spiro atoms. The summed E-state index contributed by atoms with van der Waals surface area (Å²) in [4.78, 5) is 26.2. The van der Waals surface area contributed by atoms with Crippen molar-refractivity contribution in [2.24, 2.45) is 10.2 Å². The van der Waals surface area contributed by atoms with Gasteiger partial charge in [0.25, 0.3) is 0 Å². The summed E-state index contributed by atoms with van der Waals surface area (Å²) < 4.78 is 0. The number of halogens is 1. The second-order valence-corrected chi connectivity index (χ2v) is 4.57. The van der Waals surface area contributed by atoms with Gasteiger partial charge in [0.2, 0.25) is 5.84 Å². The van der Waals surface area contributed by atoms with Crippen molar-refractivity contribution in [3.8, 4) is 0 Å². The van der Waals surface area contributed by atoms with Crippen LogP contribution >= 0.6 is 11.3 Å². The summed E-state index contributed by atoms with van der Waals surface area (Å²) in [6.45, 7) is 1.85. The lowest BCUT2D eigenvalue weighted by atomic mass is 10.4. The number of carboxylic acid groups (broad SMARTS) is 1. The number of ketones is 1. The first-order chi connectivity index (χ1) is 8.54. The minimum Gasteiger partial charge on any atom is -1.00 e. The molecule has 19 heavy (non-hydrogen) atoms. The largest absolute Gasteiger partial charge is 1.00 e. The number of rotatable bonds is 3. The molecule has 1 aromatic heterocycles. The van der Waals surface area contributed by atoms with E-state index in [1.807, 2.05) is 0 Å². The highest BCUT2D eigenvalue weighted by Gasteiger charge is 2.19. The number of carbonyl (C=O) groups is 2. The van der Waals surface area contributed by atoms with Crippen LogP contribution in [0.4, 0.5) is 4.79 Å². The first-order valence-corrected chi connectivity index (χ1v) is 5.80. The number of amidine groups is 1. The minimum absolute atomic E-state index is 0. The molecular weight excluding hydrogens is 294 g/mol. The fraction of sp³-hybridized carbons (Fsp3) is 0.222. The molecule has 1 aliphatic heterocycles. The number of thiazole rings is 1. The summed E-state index contributed by atoms with van der Waals surface area (Å²) in [5, 5.41) is 19.7. The van der Waals surface area contributed by atoms with E-state index in [-0.39, 0.29) is 24.0 Å². The van der Waals surface area contributed by atoms with Gasteiger partial charge in [-0.1, -0.05) is 10.2 Å². The maximum atomic E-state index is 11.1. The van der Waals surface area contributed by atoms with Gasteiger partial charge in [0, 0.05) is 13.1 Å². The normalized spacial score (nSPS) is 16.7. The van der Waals surface area contributed by atoms with E-state index in [0.29, 0.717) is 21.5 Å². The summed E-state index contributed by atoms with van der Waals surface area (Å²) in [6.07, 6.45) is 1.67. The molecule has 0 fully saturated rings. The van der Waals surface area contributed by atoms with Gasteiger partial charge < -0.3 is 17.5 Å². The first-order valence-electron chi connectivity index (χ1n) is 4.99. The lowest BCUT2D eigenvalue weighted by Crippen LogP contribution is -3.00. The Hall–Kier alpha value is -1.84. The summed E-state index contributed by atoms with van der Waals surface area (Å²) in [6, 6.07) is 0. The second-order valence-electron chi connectivity index (χ2n) is 3.45. The number of quaternary nitrogens is 1. The number of nitrogens with zero attached hydrogens (tertiary/aromatic N) is 3. The smallest absolute Gasteiger partial charge is 0.410 e. The van der Waals surface area contributed by atoms with Gasteiger partial charge in [0.1, 0.15) is 6.21 Å². The molecule has 0 radical (unpaired) electrons. The van der Waals surface area contributed by atoms with E-state index in [1.165, 1.54) is 30.7 Å². The number of hydrogen-bond donors (Lipinski definition) is 3. The Kier molecular flexibility index (Phi) is 5.10. The zero-order valence-corrected chi connectivity index (χ0v) is 11.3. The van der Waals surface area contributed by atoms with Crippen molar-refractivity contribution in [3.05, 3.63) is 16.1 Å². The van der Waals surface area contributed by atoms with Crippen molar-refractivity contribution in [2.75, 3.05) is 0 Å². The van der Waals surface area contributed by atoms with Crippen molar-refractivity contribution < 1.29 is 32.2 Å². The molecule has 0 bridgehead atoms. The maximum Gasteiger partial charge on any atom is 0.410 e. The summed E-state index contributed by atoms with van der Waals surface area (Å²) in [5.74, 6) is 0.149. The molecule has 0 aliphatic carbocycles. The van der Waals surface area contributed by atoms with Crippen LogP contribution in [0.3, 0.4) is 0 Å². The SMILES string of the molecule is CC(=O)c1cnc(C[NH+]2N=CC(NC(=O)O)=N2)s1.[Cl-]. The third kappa shape index (κ3) is 4.09. The second kappa shape index (κ2) is 6.36. The Balaban J connectivity index is 0.00000180. The van der Waals surface area contributed by atoms with Gasteiger partial charge in [-0.3, -0.25) is 10.1 Å². The molecule has 0 saturated heterocycles. The molecule has 2 heterocycles. The van der Waals surface area contributed by atoms with Gasteiger partial charge in [-0.15, -0.1) is 11.3 Å². The van der Waals surface area contributed by atoms with Crippen LogP contribution in [-0.2, 0) is 6.54 Å². The Bertz CT molecular complexity index is 556. The van der Waals surface area contributed by atoms with Crippen molar-refractivity contribution in [2.45, 2.75) is 13.5 Å². The molecule has 2 rings (SSSR count). The van der Waals surface area contributed by atoms with Gasteiger partial charge in [0.05, 0.1) is 4.88 Å². The van der Waals surface area contributed by atoms with E-state index in [4.69, 9.17) is 5.11 Å². The monoisotopic (exact) mass is 303 g/mol. The van der Waals surface area contributed by atoms with Gasteiger partial charge in [-0.2, -0.15) is 0 Å². The van der Waals surface area contributed by atoms with Gasteiger partial charge in [-0.05, 0) is 5.10 Å². The Morgan fingerprint density at radius 2 is 2.26 bits per heavy atom. The predicted molar refractivity (Wildman–Crippen MR) is 63.9 cm³/mol. The summed E-state index contributed by atoms with van der Waals surface area (Å²) in [5.41, 5.74) is 0. The van der Waals surface area contributed by atoms with E-state index in [0.717, 1.165) is 0 Å². The topological polar surface area (TPSA) is 108 Å². The van der Waals surface area contributed by atoms with Crippen molar-refractivity contribution >= 4 is 35.3 Å². The summed E-state index contributed by atoms with van der Waals surface area (Å²) in [7, 11) is 0. The van der Waals surface area contributed by atoms with Gasteiger partial charge >= 0.3 is 6.09 Å². The maximum absolute atomic E-state index is 11.1. The minimum atomic E-state index is -1.19. The van der Waals surface area contributed by atoms with Crippen molar-refractivity contribution in [1.29, 1.82) is 0 Å². The van der Waals surface area contributed by atoms with Crippen LogP contribution < -0.4 is 22.8 Å². The third-order valence-electron chi connectivity index (χ3n) is 2.03. The van der Waals surface area contributed by atoms with Gasteiger partial charge in [-0.25, -0.2) is 9.78 Å². The van der Waals surface area contributed by atoms with E-state index < -0.39 is 6.09 Å². The Morgan fingerprint density at radius 3 is 2.84 bits per heavy atom. The van der Waals surface area contributed by atoms with E-state index >= 15 is 0 Å². The molecule has 1 aromatic rings. The lowest BCUT2D eigenvalue weighted by Gasteiger charge is -1.98. The van der Waals surface area contributed by atoms with Crippen LogP contribution in [0.5, 0.6) is 0 Å². The van der Waals surface area contributed by atoms with Crippen LogP contribution in [0.25, 0.3) is 0 Å². The zero-order valence-electron chi connectivity index (χ0n) is 9.75. The average molecular weight is 304 g/mol. The van der Waals surface area contributed by atoms with Crippen LogP contribution in [0, 0.1) is 0 Å². The van der Waals surface area contributed by atoms with E-state index in [2.05, 4.69) is 20.5 Å². The lowest BCUT2D eigenvalue weighted by molar-refractivity contribution is -0.925. The van der Waals surface area contributed by atoms with Gasteiger partial charge in [0.15, 0.2) is 17.3 Å². The summed E-state index contributed by atoms with van der Waals surface area (Å²) >= 11 is 1.28. The standard InChI is InChI=1S/C9H9N5O3S.ClH/c1-5(15)6-2-10-8(18-6)4-14-11-3-7(13-14)12-9(16)17;/h2-3H,4H2,1H3,(H,12,13)(H,16,17);1H. The number of Topliss-reactive ketones (excluding diaryl/α,β-unsaturated/α-hetero) is 1. The number of carbonyl (C=O) groups excluding carboxylic acids is 1. The molecule has 0 aromatic carbocycles. The third-order valence-corrected chi connectivity index (χ3v) is 3.13. The first kappa shape index (κ1) is 15.2. The fourth-order valence-electron chi connectivity index (χ4n) is 1.28. The van der Waals surface area contributed by atoms with Crippen molar-refractivity contribution in [1.82, 2.24) is 10.3 Å². The van der Waals surface area contributed by atoms with Crippen LogP contribution in [0.15, 0.2) is 16.4 Å². The fourth-order valence-corrected chi connectivity index (χ4v) is 2.09. The van der Waals surface area contributed by atoms with Crippen LogP contribution in [-0.4, -0.2) is 34.0 Å². The van der Waals surface area contributed by atoms with Crippen LogP contribution in [0.2, 0.25) is 0 Å². The molecular formula is C9H10ClN5O3S. The molecule has 1 aliphatic rings. The predicted octanol–water partition coefficient (Wildman–Crippen LogP) is -3.68. The Labute approximate surface area is 118 Å². The van der Waals surface area contributed by atoms with E-state index in [1.54, 1.807) is 0 Å². The highest BCUT2D eigenvalue weighted by atomic mass is 35.5.